The Hall–Kier alpha value is -2.78. The third kappa shape index (κ3) is 4.68. The first-order valence-corrected chi connectivity index (χ1v) is 10.2. The number of aryl methyl sites for hydroxylation is 1. The first-order chi connectivity index (χ1) is 14.5. The first kappa shape index (κ1) is 20.5. The molecule has 1 aromatic heterocycles. The van der Waals surface area contributed by atoms with E-state index in [2.05, 4.69) is 10.5 Å². The third-order valence-electron chi connectivity index (χ3n) is 4.98. The van der Waals surface area contributed by atoms with E-state index >= 15 is 0 Å². The average Bonchev–Trinajstić information content (AvgIpc) is 3.04. The molecule has 1 aromatic carbocycles. The minimum absolute atomic E-state index is 0.182. The summed E-state index contributed by atoms with van der Waals surface area (Å²) in [5.74, 6) is 1.03. The van der Waals surface area contributed by atoms with Crippen molar-refractivity contribution in [2.75, 3.05) is 51.3 Å². The summed E-state index contributed by atoms with van der Waals surface area (Å²) in [6.45, 7) is 5.29. The van der Waals surface area contributed by atoms with Crippen molar-refractivity contribution in [3.63, 3.8) is 0 Å². The van der Waals surface area contributed by atoms with E-state index in [9.17, 15) is 9.59 Å². The van der Waals surface area contributed by atoms with Crippen LogP contribution in [0.25, 0.3) is 0 Å². The lowest BCUT2D eigenvalue weighted by Gasteiger charge is -2.33. The van der Waals surface area contributed by atoms with Gasteiger partial charge in [0.1, 0.15) is 0 Å². The molecule has 2 aliphatic heterocycles. The van der Waals surface area contributed by atoms with Gasteiger partial charge in [-0.25, -0.2) is 0 Å². The molecule has 0 atom stereocenters. The van der Waals surface area contributed by atoms with Crippen LogP contribution in [-0.2, 0) is 4.79 Å². The average molecular weight is 435 g/mol. The fraction of sp³-hybridized carbons (Fsp3) is 0.450. The Bertz CT molecular complexity index is 939. The molecule has 1 N–H and O–H groups in total. The van der Waals surface area contributed by atoms with Crippen LogP contribution in [-0.4, -0.2) is 72.7 Å². The van der Waals surface area contributed by atoms with Gasteiger partial charge in [0.2, 0.25) is 11.7 Å². The van der Waals surface area contributed by atoms with Crippen LogP contribution >= 0.6 is 11.6 Å². The molecule has 30 heavy (non-hydrogen) atoms. The quantitative estimate of drug-likeness (QED) is 0.787. The molecule has 1 fully saturated rings. The number of halogens is 1. The molecular formula is C20H23ClN4O5. The lowest BCUT2D eigenvalue weighted by Crippen LogP contribution is -2.50. The van der Waals surface area contributed by atoms with Crippen molar-refractivity contribution in [2.24, 2.45) is 0 Å². The number of hydrogen-bond donors (Lipinski definition) is 1. The van der Waals surface area contributed by atoms with Crippen LogP contribution in [0.3, 0.4) is 0 Å². The Labute approximate surface area is 178 Å². The molecule has 2 aliphatic rings. The van der Waals surface area contributed by atoms with E-state index in [1.165, 1.54) is 0 Å². The predicted octanol–water partition coefficient (Wildman–Crippen LogP) is 2.19. The van der Waals surface area contributed by atoms with Crippen LogP contribution in [0.5, 0.6) is 11.5 Å². The number of fused-ring (bicyclic) bond motifs is 1. The fourth-order valence-electron chi connectivity index (χ4n) is 3.40. The van der Waals surface area contributed by atoms with Crippen molar-refractivity contribution in [3.8, 4) is 11.5 Å². The number of nitrogens with one attached hydrogen (secondary N) is 1. The molecule has 160 valence electrons. The molecule has 2 amide bonds. The van der Waals surface area contributed by atoms with E-state index in [0.29, 0.717) is 67.3 Å². The molecular weight excluding hydrogens is 412 g/mol. The molecule has 10 heteroatoms. The maximum Gasteiger partial charge on any atom is 0.292 e. The maximum atomic E-state index is 12.5. The molecule has 0 aliphatic carbocycles. The van der Waals surface area contributed by atoms with Crippen LogP contribution in [0.1, 0.15) is 22.7 Å². The number of rotatable bonds is 4. The number of carbonyl (C=O) groups excluding carboxylic acids is 2. The van der Waals surface area contributed by atoms with Gasteiger partial charge >= 0.3 is 0 Å². The van der Waals surface area contributed by atoms with Crippen molar-refractivity contribution in [3.05, 3.63) is 34.7 Å². The number of amides is 2. The number of nitrogens with zero attached hydrogens (tertiary/aromatic N) is 3. The Kier molecular flexibility index (Phi) is 6.10. The molecule has 0 unspecified atom stereocenters. The standard InChI is InChI=1S/C20H23ClN4O5/c1-13-9-18(30-23-13)20(27)25-5-3-24(4-6-25)12-19(26)22-15-11-17-16(10-14(15)21)28-7-2-8-29-17/h9-11H,2-8,12H2,1H3,(H,22,26). The topological polar surface area (TPSA) is 97.1 Å². The van der Waals surface area contributed by atoms with Gasteiger partial charge in [-0.2, -0.15) is 0 Å². The lowest BCUT2D eigenvalue weighted by atomic mass is 10.2. The lowest BCUT2D eigenvalue weighted by molar-refractivity contribution is -0.117. The Morgan fingerprint density at radius 1 is 1.10 bits per heavy atom. The molecule has 0 saturated carbocycles. The fourth-order valence-corrected chi connectivity index (χ4v) is 3.60. The highest BCUT2D eigenvalue weighted by molar-refractivity contribution is 6.34. The molecule has 1 saturated heterocycles. The molecule has 3 heterocycles. The molecule has 9 nitrogen and oxygen atoms in total. The highest BCUT2D eigenvalue weighted by Crippen LogP contribution is 2.37. The second-order valence-corrected chi connectivity index (χ2v) is 7.69. The second kappa shape index (κ2) is 8.93. The van der Waals surface area contributed by atoms with Gasteiger partial charge in [-0.3, -0.25) is 14.5 Å². The van der Waals surface area contributed by atoms with Gasteiger partial charge in [0.05, 0.1) is 36.2 Å². The number of hydrogen-bond acceptors (Lipinski definition) is 7. The van der Waals surface area contributed by atoms with Crippen molar-refractivity contribution >= 4 is 29.1 Å². The highest BCUT2D eigenvalue weighted by atomic mass is 35.5. The van der Waals surface area contributed by atoms with Gasteiger partial charge in [0.15, 0.2) is 11.5 Å². The molecule has 4 rings (SSSR count). The van der Waals surface area contributed by atoms with Gasteiger partial charge in [0, 0.05) is 50.8 Å². The Balaban J connectivity index is 1.30. The Morgan fingerprint density at radius 3 is 2.47 bits per heavy atom. The van der Waals surface area contributed by atoms with Gasteiger partial charge in [0.25, 0.3) is 5.91 Å². The van der Waals surface area contributed by atoms with Gasteiger partial charge in [-0.1, -0.05) is 16.8 Å². The minimum atomic E-state index is -0.183. The van der Waals surface area contributed by atoms with Crippen molar-refractivity contribution in [2.45, 2.75) is 13.3 Å². The zero-order chi connectivity index (χ0) is 21.1. The van der Waals surface area contributed by atoms with Crippen LogP contribution in [0.4, 0.5) is 5.69 Å². The maximum absolute atomic E-state index is 12.5. The Morgan fingerprint density at radius 2 is 1.80 bits per heavy atom. The van der Waals surface area contributed by atoms with Crippen molar-refractivity contribution in [1.82, 2.24) is 15.0 Å². The summed E-state index contributed by atoms with van der Waals surface area (Å²) in [5, 5.41) is 6.99. The number of piperazine rings is 1. The molecule has 2 aromatic rings. The summed E-state index contributed by atoms with van der Waals surface area (Å²) in [5.41, 5.74) is 1.16. The first-order valence-electron chi connectivity index (χ1n) is 9.83. The SMILES string of the molecule is Cc1cc(C(=O)N2CCN(CC(=O)Nc3cc4c(cc3Cl)OCCCO4)CC2)on1. The normalized spacial score (nSPS) is 16.8. The van der Waals surface area contributed by atoms with E-state index in [0.717, 1.165) is 6.42 Å². The summed E-state index contributed by atoms with van der Waals surface area (Å²) >= 11 is 6.29. The zero-order valence-corrected chi connectivity index (χ0v) is 17.4. The predicted molar refractivity (Wildman–Crippen MR) is 109 cm³/mol. The van der Waals surface area contributed by atoms with Crippen molar-refractivity contribution in [1.29, 1.82) is 0 Å². The van der Waals surface area contributed by atoms with Crippen LogP contribution in [0.2, 0.25) is 5.02 Å². The number of anilines is 1. The minimum Gasteiger partial charge on any atom is -0.490 e. The monoisotopic (exact) mass is 434 g/mol. The second-order valence-electron chi connectivity index (χ2n) is 7.28. The summed E-state index contributed by atoms with van der Waals surface area (Å²) in [6.07, 6.45) is 0.790. The van der Waals surface area contributed by atoms with E-state index in [-0.39, 0.29) is 24.1 Å². The van der Waals surface area contributed by atoms with E-state index in [1.54, 1.807) is 30.0 Å². The van der Waals surface area contributed by atoms with E-state index in [1.807, 2.05) is 4.90 Å². The number of ether oxygens (including phenoxy) is 2. The molecule has 0 bridgehead atoms. The van der Waals surface area contributed by atoms with E-state index in [4.69, 9.17) is 25.6 Å². The van der Waals surface area contributed by atoms with Crippen LogP contribution in [0.15, 0.2) is 22.7 Å². The largest absolute Gasteiger partial charge is 0.490 e. The number of aromatic nitrogens is 1. The van der Waals surface area contributed by atoms with E-state index < -0.39 is 0 Å². The van der Waals surface area contributed by atoms with Gasteiger partial charge < -0.3 is 24.2 Å². The summed E-state index contributed by atoms with van der Waals surface area (Å²) in [6, 6.07) is 4.98. The number of benzene rings is 1. The smallest absolute Gasteiger partial charge is 0.292 e. The van der Waals surface area contributed by atoms with Crippen molar-refractivity contribution < 1.29 is 23.6 Å². The molecule has 0 radical (unpaired) electrons. The summed E-state index contributed by atoms with van der Waals surface area (Å²) in [4.78, 5) is 28.6. The summed E-state index contributed by atoms with van der Waals surface area (Å²) in [7, 11) is 0. The molecule has 0 spiro atoms. The van der Waals surface area contributed by atoms with Crippen LogP contribution in [0, 0.1) is 6.92 Å². The summed E-state index contributed by atoms with van der Waals surface area (Å²) < 4.78 is 16.3. The van der Waals surface area contributed by atoms with Gasteiger partial charge in [-0.15, -0.1) is 0 Å². The number of carbonyl (C=O) groups is 2. The van der Waals surface area contributed by atoms with Crippen LogP contribution < -0.4 is 14.8 Å². The highest BCUT2D eigenvalue weighted by Gasteiger charge is 2.26. The zero-order valence-electron chi connectivity index (χ0n) is 16.6. The van der Waals surface area contributed by atoms with Gasteiger partial charge in [-0.05, 0) is 6.92 Å². The third-order valence-corrected chi connectivity index (χ3v) is 5.29.